The molecular weight excluding hydrogens is 273 g/mol. The van der Waals surface area contributed by atoms with Crippen LogP contribution in [0.25, 0.3) is 0 Å². The summed E-state index contributed by atoms with van der Waals surface area (Å²) in [5.74, 6) is -0.384. The van der Waals surface area contributed by atoms with E-state index in [0.29, 0.717) is 5.56 Å². The number of carbonyl (C=O) groups is 1. The van der Waals surface area contributed by atoms with Gasteiger partial charge in [-0.2, -0.15) is 13.2 Å². The van der Waals surface area contributed by atoms with Crippen molar-refractivity contribution in [2.24, 2.45) is 0 Å². The van der Waals surface area contributed by atoms with Gasteiger partial charge in [-0.3, -0.25) is 4.79 Å². The van der Waals surface area contributed by atoms with Crippen LogP contribution in [0.5, 0.6) is 0 Å². The predicted molar refractivity (Wildman–Crippen MR) is 53.9 cm³/mol. The molecule has 0 saturated carbocycles. The monoisotopic (exact) mass is 280 g/mol. The van der Waals surface area contributed by atoms with Crippen molar-refractivity contribution in [2.45, 2.75) is 20.0 Å². The Morgan fingerprint density at radius 3 is 2.27 bits per heavy atom. The van der Waals surface area contributed by atoms with Crippen molar-refractivity contribution in [2.75, 3.05) is 0 Å². The maximum absolute atomic E-state index is 12.5. The Morgan fingerprint density at radius 1 is 1.33 bits per heavy atom. The first kappa shape index (κ1) is 12.2. The average Bonchev–Trinajstić information content (AvgIpc) is 2.00. The second kappa shape index (κ2) is 3.96. The van der Waals surface area contributed by atoms with Gasteiger partial charge in [0.1, 0.15) is 0 Å². The lowest BCUT2D eigenvalue weighted by molar-refractivity contribution is -0.138. The van der Waals surface area contributed by atoms with Crippen molar-refractivity contribution in [3.05, 3.63) is 33.3 Å². The van der Waals surface area contributed by atoms with Crippen LogP contribution in [0.1, 0.15) is 28.4 Å². The molecule has 1 aromatic rings. The quantitative estimate of drug-likeness (QED) is 0.711. The van der Waals surface area contributed by atoms with E-state index in [2.05, 4.69) is 15.9 Å². The fourth-order valence-electron chi connectivity index (χ4n) is 1.32. The average molecular weight is 281 g/mol. The number of Topliss-reactive ketones (excluding diaryl/α,β-unsaturated/α-hetero) is 1. The molecule has 0 bridgehead atoms. The van der Waals surface area contributed by atoms with Gasteiger partial charge in [0, 0.05) is 10.0 Å². The van der Waals surface area contributed by atoms with Crippen LogP contribution in [-0.4, -0.2) is 5.78 Å². The Bertz CT molecular complexity index is 410. The predicted octanol–water partition coefficient (Wildman–Crippen LogP) is 3.98. The smallest absolute Gasteiger partial charge is 0.294 e. The fraction of sp³-hybridized carbons (Fsp3) is 0.300. The number of hydrogen-bond acceptors (Lipinski definition) is 1. The van der Waals surface area contributed by atoms with Crippen molar-refractivity contribution in [3.63, 3.8) is 0 Å². The largest absolute Gasteiger partial charge is 0.417 e. The molecule has 5 heteroatoms. The zero-order chi connectivity index (χ0) is 11.8. The second-order valence-corrected chi connectivity index (χ2v) is 3.97. The number of halogens is 4. The highest BCUT2D eigenvalue weighted by molar-refractivity contribution is 9.10. The minimum Gasteiger partial charge on any atom is -0.294 e. The molecule has 1 nitrogen and oxygen atoms in total. The molecule has 0 fully saturated rings. The lowest BCUT2D eigenvalue weighted by Gasteiger charge is -2.13. The van der Waals surface area contributed by atoms with Crippen LogP contribution in [0.2, 0.25) is 0 Å². The summed E-state index contributed by atoms with van der Waals surface area (Å²) >= 11 is 2.83. The van der Waals surface area contributed by atoms with Crippen LogP contribution < -0.4 is 0 Å². The van der Waals surface area contributed by atoms with Gasteiger partial charge in [-0.15, -0.1) is 0 Å². The maximum Gasteiger partial charge on any atom is 0.417 e. The molecule has 82 valence electrons. The Morgan fingerprint density at radius 2 is 1.87 bits per heavy atom. The topological polar surface area (TPSA) is 17.1 Å². The van der Waals surface area contributed by atoms with Gasteiger partial charge < -0.3 is 0 Å². The van der Waals surface area contributed by atoms with Gasteiger partial charge in [-0.25, -0.2) is 0 Å². The molecule has 0 unspecified atom stereocenters. The molecule has 0 radical (unpaired) electrons. The highest BCUT2D eigenvalue weighted by atomic mass is 79.9. The number of alkyl halides is 3. The van der Waals surface area contributed by atoms with Crippen LogP contribution in [-0.2, 0) is 6.18 Å². The summed E-state index contributed by atoms with van der Waals surface area (Å²) in [6, 6.07) is 2.26. The zero-order valence-corrected chi connectivity index (χ0v) is 9.66. The van der Waals surface area contributed by atoms with Crippen molar-refractivity contribution >= 4 is 21.7 Å². The minimum atomic E-state index is -4.45. The molecule has 0 heterocycles. The van der Waals surface area contributed by atoms with Gasteiger partial charge >= 0.3 is 6.18 Å². The molecule has 0 aromatic heterocycles. The molecular formula is C10H8BrF3O. The number of rotatable bonds is 1. The number of carbonyl (C=O) groups excluding carboxylic acids is 1. The van der Waals surface area contributed by atoms with E-state index in [4.69, 9.17) is 0 Å². The summed E-state index contributed by atoms with van der Waals surface area (Å²) in [6.07, 6.45) is -4.45. The summed E-state index contributed by atoms with van der Waals surface area (Å²) in [5, 5.41) is 0. The molecule has 1 rings (SSSR count). The number of benzene rings is 1. The Hall–Kier alpha value is -0.840. The molecule has 1 aromatic carbocycles. The van der Waals surface area contributed by atoms with Crippen molar-refractivity contribution in [1.82, 2.24) is 0 Å². The summed E-state index contributed by atoms with van der Waals surface area (Å²) < 4.78 is 37.3. The third kappa shape index (κ3) is 2.40. The Balaban J connectivity index is 3.49. The Kier molecular flexibility index (Phi) is 3.23. The molecule has 15 heavy (non-hydrogen) atoms. The van der Waals surface area contributed by atoms with Gasteiger partial charge in [0.2, 0.25) is 0 Å². The highest BCUT2D eigenvalue weighted by Crippen LogP contribution is 2.37. The summed E-state index contributed by atoms with van der Waals surface area (Å²) in [5.41, 5.74) is -0.203. The second-order valence-electron chi connectivity index (χ2n) is 3.17. The van der Waals surface area contributed by atoms with E-state index in [1.807, 2.05) is 0 Å². The molecule has 0 aliphatic carbocycles. The Labute approximate surface area is 93.4 Å². The van der Waals surface area contributed by atoms with E-state index in [-0.39, 0.29) is 15.8 Å². The van der Waals surface area contributed by atoms with Gasteiger partial charge in [0.25, 0.3) is 0 Å². The van der Waals surface area contributed by atoms with Crippen LogP contribution in [0.3, 0.4) is 0 Å². The van der Waals surface area contributed by atoms with Gasteiger partial charge in [0.05, 0.1) is 5.56 Å². The first-order chi connectivity index (χ1) is 6.75. The van der Waals surface area contributed by atoms with E-state index >= 15 is 0 Å². The summed E-state index contributed by atoms with van der Waals surface area (Å²) in [7, 11) is 0. The molecule has 0 atom stereocenters. The number of ketones is 1. The lowest BCUT2D eigenvalue weighted by Crippen LogP contribution is -2.10. The first-order valence-electron chi connectivity index (χ1n) is 4.12. The molecule has 0 amide bonds. The van der Waals surface area contributed by atoms with Gasteiger partial charge in [0.15, 0.2) is 5.78 Å². The van der Waals surface area contributed by atoms with E-state index in [1.54, 1.807) is 6.92 Å². The van der Waals surface area contributed by atoms with E-state index < -0.39 is 11.7 Å². The third-order valence-corrected chi connectivity index (χ3v) is 2.83. The van der Waals surface area contributed by atoms with Crippen LogP contribution in [0, 0.1) is 6.92 Å². The third-order valence-electron chi connectivity index (χ3n) is 2.01. The molecule has 0 aliphatic heterocycles. The maximum atomic E-state index is 12.5. The minimum absolute atomic E-state index is 0.0878. The summed E-state index contributed by atoms with van der Waals surface area (Å²) in [6.45, 7) is 2.84. The van der Waals surface area contributed by atoms with E-state index in [0.717, 1.165) is 6.07 Å². The van der Waals surface area contributed by atoms with Crippen LogP contribution in [0.15, 0.2) is 16.6 Å². The van der Waals surface area contributed by atoms with Gasteiger partial charge in [-0.1, -0.05) is 6.07 Å². The van der Waals surface area contributed by atoms with Crippen LogP contribution in [0.4, 0.5) is 13.2 Å². The molecule has 0 N–H and O–H groups in total. The standard InChI is InChI=1S/C10H8BrF3O/c1-5-3-4-7(10(12,13)14)9(11)8(5)6(2)15/h3-4H,1-2H3. The number of aryl methyl sites for hydroxylation is 1. The lowest BCUT2D eigenvalue weighted by atomic mass is 10.0. The van der Waals surface area contributed by atoms with E-state index in [1.165, 1.54) is 13.0 Å². The molecule has 0 saturated heterocycles. The zero-order valence-electron chi connectivity index (χ0n) is 8.07. The first-order valence-corrected chi connectivity index (χ1v) is 4.91. The van der Waals surface area contributed by atoms with E-state index in [9.17, 15) is 18.0 Å². The summed E-state index contributed by atoms with van der Waals surface area (Å²) in [4.78, 5) is 11.2. The van der Waals surface area contributed by atoms with Crippen molar-refractivity contribution < 1.29 is 18.0 Å². The fourth-order valence-corrected chi connectivity index (χ4v) is 2.27. The molecule has 0 aliphatic rings. The normalized spacial score (nSPS) is 11.6. The van der Waals surface area contributed by atoms with Crippen molar-refractivity contribution in [3.8, 4) is 0 Å². The number of hydrogen-bond donors (Lipinski definition) is 0. The molecule has 0 spiro atoms. The van der Waals surface area contributed by atoms with Crippen molar-refractivity contribution in [1.29, 1.82) is 0 Å². The SMILES string of the molecule is CC(=O)c1c(C)ccc(C(F)(F)F)c1Br. The van der Waals surface area contributed by atoms with Gasteiger partial charge in [-0.05, 0) is 41.4 Å². The highest BCUT2D eigenvalue weighted by Gasteiger charge is 2.34. The van der Waals surface area contributed by atoms with Crippen LogP contribution >= 0.6 is 15.9 Å².